The van der Waals surface area contributed by atoms with E-state index in [1.165, 1.54) is 6.20 Å². The van der Waals surface area contributed by atoms with Crippen LogP contribution in [0.3, 0.4) is 0 Å². The largest absolute Gasteiger partial charge is 0.397 e. The number of carbonyl (C=O) groups is 1. The molecular weight excluding hydrogens is 276 g/mol. The topological polar surface area (TPSA) is 62.5 Å². The van der Waals surface area contributed by atoms with Crippen molar-refractivity contribution in [3.63, 3.8) is 0 Å². The molecule has 6 heteroatoms. The van der Waals surface area contributed by atoms with Crippen LogP contribution in [0.15, 0.2) is 12.3 Å². The number of piperidine rings is 1. The van der Waals surface area contributed by atoms with Crippen molar-refractivity contribution in [2.45, 2.75) is 12.8 Å². The van der Waals surface area contributed by atoms with Crippen molar-refractivity contribution in [2.24, 2.45) is 5.92 Å². The maximum atomic E-state index is 12.4. The number of hydrogen-bond donors (Lipinski definition) is 1. The van der Waals surface area contributed by atoms with Gasteiger partial charge in [-0.25, -0.2) is 4.98 Å². The summed E-state index contributed by atoms with van der Waals surface area (Å²) in [4.78, 5) is 20.4. The number of nitrogen functional groups attached to an aromatic ring is 1. The molecular formula is C14H21ClN4O. The van der Waals surface area contributed by atoms with Gasteiger partial charge < -0.3 is 15.5 Å². The van der Waals surface area contributed by atoms with E-state index in [4.69, 9.17) is 17.3 Å². The summed E-state index contributed by atoms with van der Waals surface area (Å²) in [5, 5.41) is 0.208. The Morgan fingerprint density at radius 2 is 2.20 bits per heavy atom. The normalized spacial score (nSPS) is 17.1. The number of hydrogen-bond acceptors (Lipinski definition) is 4. The molecule has 1 saturated heterocycles. The maximum Gasteiger partial charge on any atom is 0.256 e. The number of rotatable bonds is 3. The SMILES string of the molecule is CN1CCC(CN(C)C(=O)c2cc(N)cnc2Cl)CC1. The Morgan fingerprint density at radius 3 is 2.85 bits per heavy atom. The van der Waals surface area contributed by atoms with E-state index in [0.29, 0.717) is 17.2 Å². The molecule has 1 amide bonds. The van der Waals surface area contributed by atoms with Crippen LogP contribution in [0.4, 0.5) is 5.69 Å². The lowest BCUT2D eigenvalue weighted by molar-refractivity contribution is 0.0747. The van der Waals surface area contributed by atoms with Crippen molar-refractivity contribution in [2.75, 3.05) is 39.5 Å². The van der Waals surface area contributed by atoms with E-state index in [-0.39, 0.29) is 11.1 Å². The van der Waals surface area contributed by atoms with Crippen LogP contribution >= 0.6 is 11.6 Å². The highest BCUT2D eigenvalue weighted by Gasteiger charge is 2.22. The quantitative estimate of drug-likeness (QED) is 0.863. The van der Waals surface area contributed by atoms with Crippen molar-refractivity contribution < 1.29 is 4.79 Å². The zero-order chi connectivity index (χ0) is 14.7. The summed E-state index contributed by atoms with van der Waals surface area (Å²) in [7, 11) is 3.93. The molecule has 110 valence electrons. The van der Waals surface area contributed by atoms with Crippen molar-refractivity contribution in [3.8, 4) is 0 Å². The average Bonchev–Trinajstić information content (AvgIpc) is 2.43. The van der Waals surface area contributed by atoms with Crippen LogP contribution in [0.1, 0.15) is 23.2 Å². The monoisotopic (exact) mass is 296 g/mol. The maximum absolute atomic E-state index is 12.4. The lowest BCUT2D eigenvalue weighted by Gasteiger charge is -2.31. The molecule has 0 radical (unpaired) electrons. The zero-order valence-electron chi connectivity index (χ0n) is 12.0. The minimum Gasteiger partial charge on any atom is -0.397 e. The van der Waals surface area contributed by atoms with E-state index >= 15 is 0 Å². The van der Waals surface area contributed by atoms with Gasteiger partial charge in [-0.2, -0.15) is 0 Å². The van der Waals surface area contributed by atoms with Crippen molar-refractivity contribution in [1.82, 2.24) is 14.8 Å². The Morgan fingerprint density at radius 1 is 1.55 bits per heavy atom. The predicted octanol–water partition coefficient (Wildman–Crippen LogP) is 1.73. The summed E-state index contributed by atoms with van der Waals surface area (Å²) in [6.45, 7) is 2.93. The summed E-state index contributed by atoms with van der Waals surface area (Å²) in [6, 6.07) is 1.59. The third kappa shape index (κ3) is 3.61. The zero-order valence-corrected chi connectivity index (χ0v) is 12.7. The van der Waals surface area contributed by atoms with Crippen LogP contribution in [0.2, 0.25) is 5.15 Å². The molecule has 0 saturated carbocycles. The van der Waals surface area contributed by atoms with Crippen LogP contribution < -0.4 is 5.73 Å². The Kier molecular flexibility index (Phi) is 4.83. The molecule has 1 fully saturated rings. The molecule has 2 rings (SSSR count). The Labute approximate surface area is 124 Å². The number of likely N-dealkylation sites (tertiary alicyclic amines) is 1. The molecule has 2 N–H and O–H groups in total. The number of anilines is 1. The Bertz CT molecular complexity index is 486. The minimum atomic E-state index is -0.117. The van der Waals surface area contributed by atoms with Crippen LogP contribution in [0.5, 0.6) is 0 Å². The molecule has 0 spiro atoms. The highest BCUT2D eigenvalue weighted by molar-refractivity contribution is 6.32. The van der Waals surface area contributed by atoms with Crippen LogP contribution in [-0.4, -0.2) is 54.4 Å². The minimum absolute atomic E-state index is 0.117. The predicted molar refractivity (Wildman–Crippen MR) is 80.8 cm³/mol. The molecule has 2 heterocycles. The fourth-order valence-electron chi connectivity index (χ4n) is 2.53. The van der Waals surface area contributed by atoms with Crippen LogP contribution in [0, 0.1) is 5.92 Å². The Hall–Kier alpha value is -1.33. The third-order valence-electron chi connectivity index (χ3n) is 3.81. The third-order valence-corrected chi connectivity index (χ3v) is 4.11. The van der Waals surface area contributed by atoms with Crippen molar-refractivity contribution in [3.05, 3.63) is 23.0 Å². The van der Waals surface area contributed by atoms with Gasteiger partial charge in [-0.1, -0.05) is 11.6 Å². The van der Waals surface area contributed by atoms with Gasteiger partial charge >= 0.3 is 0 Å². The van der Waals surface area contributed by atoms with Gasteiger partial charge in [0.2, 0.25) is 0 Å². The number of aromatic nitrogens is 1. The highest BCUT2D eigenvalue weighted by atomic mass is 35.5. The standard InChI is InChI=1S/C14H21ClN4O/c1-18-5-3-10(4-6-18)9-19(2)14(20)12-7-11(16)8-17-13(12)15/h7-8,10H,3-6,9,16H2,1-2H3. The first-order chi connectivity index (χ1) is 9.47. The van der Waals surface area contributed by atoms with E-state index in [1.807, 2.05) is 0 Å². The molecule has 1 aromatic heterocycles. The molecule has 1 aliphatic heterocycles. The van der Waals surface area contributed by atoms with E-state index in [9.17, 15) is 4.79 Å². The second-order valence-electron chi connectivity index (χ2n) is 5.54. The van der Waals surface area contributed by atoms with Gasteiger partial charge in [-0.05, 0) is 45.0 Å². The fraction of sp³-hybridized carbons (Fsp3) is 0.571. The second kappa shape index (κ2) is 6.41. The smallest absolute Gasteiger partial charge is 0.256 e. The first-order valence-electron chi connectivity index (χ1n) is 6.82. The summed E-state index contributed by atoms with van der Waals surface area (Å²) in [5.41, 5.74) is 6.49. The lowest BCUT2D eigenvalue weighted by Crippen LogP contribution is -2.38. The summed E-state index contributed by atoms with van der Waals surface area (Å²) < 4.78 is 0. The van der Waals surface area contributed by atoms with Gasteiger partial charge in [0.05, 0.1) is 17.4 Å². The number of carbonyl (C=O) groups excluding carboxylic acids is 1. The second-order valence-corrected chi connectivity index (χ2v) is 5.90. The lowest BCUT2D eigenvalue weighted by atomic mass is 9.96. The fourth-order valence-corrected chi connectivity index (χ4v) is 2.72. The van der Waals surface area contributed by atoms with Gasteiger partial charge in [-0.3, -0.25) is 4.79 Å². The average molecular weight is 297 g/mol. The van der Waals surface area contributed by atoms with E-state index in [1.54, 1.807) is 18.0 Å². The van der Waals surface area contributed by atoms with Gasteiger partial charge in [0.1, 0.15) is 5.15 Å². The molecule has 0 atom stereocenters. The number of halogens is 1. The number of nitrogens with zero attached hydrogens (tertiary/aromatic N) is 3. The van der Waals surface area contributed by atoms with Crippen LogP contribution in [0.25, 0.3) is 0 Å². The van der Waals surface area contributed by atoms with Gasteiger partial charge in [0.25, 0.3) is 5.91 Å². The van der Waals surface area contributed by atoms with E-state index < -0.39 is 0 Å². The van der Waals surface area contributed by atoms with Gasteiger partial charge in [-0.15, -0.1) is 0 Å². The van der Waals surface area contributed by atoms with Crippen LogP contribution in [-0.2, 0) is 0 Å². The molecule has 0 unspecified atom stereocenters. The van der Waals surface area contributed by atoms with Crippen molar-refractivity contribution in [1.29, 1.82) is 0 Å². The summed E-state index contributed by atoms with van der Waals surface area (Å²) >= 11 is 5.98. The van der Waals surface area contributed by atoms with E-state index in [0.717, 1.165) is 32.5 Å². The molecule has 20 heavy (non-hydrogen) atoms. The molecule has 1 aromatic rings. The van der Waals surface area contributed by atoms with Crippen molar-refractivity contribution >= 4 is 23.2 Å². The summed E-state index contributed by atoms with van der Waals surface area (Å²) in [6.07, 6.45) is 3.70. The number of pyridine rings is 1. The highest BCUT2D eigenvalue weighted by Crippen LogP contribution is 2.20. The molecule has 1 aliphatic rings. The number of nitrogens with two attached hydrogens (primary N) is 1. The molecule has 5 nitrogen and oxygen atoms in total. The Balaban J connectivity index is 1.99. The van der Waals surface area contributed by atoms with Gasteiger partial charge in [0, 0.05) is 13.6 Å². The molecule has 0 bridgehead atoms. The molecule has 0 aromatic carbocycles. The first kappa shape index (κ1) is 15.1. The first-order valence-corrected chi connectivity index (χ1v) is 7.20. The van der Waals surface area contributed by atoms with E-state index in [2.05, 4.69) is 16.9 Å². The summed E-state index contributed by atoms with van der Waals surface area (Å²) in [5.74, 6) is 0.432. The number of amides is 1. The van der Waals surface area contributed by atoms with Gasteiger partial charge in [0.15, 0.2) is 0 Å². The molecule has 0 aliphatic carbocycles.